The summed E-state index contributed by atoms with van der Waals surface area (Å²) in [5, 5.41) is 22.5. The molecular weight excluding hydrogens is 408 g/mol. The van der Waals surface area contributed by atoms with Crippen molar-refractivity contribution in [3.63, 3.8) is 0 Å². The third kappa shape index (κ3) is 6.51. The first-order chi connectivity index (χ1) is 14.0. The van der Waals surface area contributed by atoms with Gasteiger partial charge in [-0.1, -0.05) is 60.3 Å². The van der Waals surface area contributed by atoms with Gasteiger partial charge in [0, 0.05) is 10.5 Å². The first-order valence-corrected chi connectivity index (χ1v) is 16.3. The molecule has 0 aromatic heterocycles. The summed E-state index contributed by atoms with van der Waals surface area (Å²) < 4.78 is 0. The summed E-state index contributed by atoms with van der Waals surface area (Å²) in [6, 6.07) is 3.83. The van der Waals surface area contributed by atoms with E-state index in [-0.39, 0.29) is 5.41 Å². The molecule has 0 aliphatic rings. The first kappa shape index (κ1) is 27.6. The standard InChI is InChI=1S/C26H50O2S2/c1-8-11-14-21(15-16-29)26(4,5)22-19-24(28)25(20-23(22)27)30(6,7,17-12-9-2)18-13-10-3/h19-21,27-30H,8-18H2,1-7H3. The molecule has 0 heterocycles. The van der Waals surface area contributed by atoms with Crippen molar-refractivity contribution in [1.82, 2.24) is 0 Å². The fourth-order valence-electron chi connectivity index (χ4n) is 5.07. The SMILES string of the molecule is CCCCC(CCS)C(C)(C)c1cc(O)c([SH](C)(C)(CCCC)CCCC)cc1O. The zero-order valence-corrected chi connectivity index (χ0v) is 22.6. The van der Waals surface area contributed by atoms with Crippen LogP contribution in [0.1, 0.15) is 91.5 Å². The summed E-state index contributed by atoms with van der Waals surface area (Å²) in [5.41, 5.74) is 0.680. The van der Waals surface area contributed by atoms with E-state index in [0.29, 0.717) is 17.4 Å². The molecule has 0 bridgehead atoms. The molecule has 0 aliphatic carbocycles. The number of benzene rings is 1. The largest absolute Gasteiger partial charge is 0.508 e. The van der Waals surface area contributed by atoms with E-state index in [1.165, 1.54) is 25.7 Å². The van der Waals surface area contributed by atoms with Gasteiger partial charge < -0.3 is 10.2 Å². The monoisotopic (exact) mass is 458 g/mol. The molecule has 1 aromatic carbocycles. The molecule has 0 saturated heterocycles. The third-order valence-corrected chi connectivity index (χ3v) is 13.2. The van der Waals surface area contributed by atoms with Gasteiger partial charge in [-0.05, 0) is 78.9 Å². The topological polar surface area (TPSA) is 40.5 Å². The second-order valence-corrected chi connectivity index (χ2v) is 18.0. The first-order valence-electron chi connectivity index (χ1n) is 12.1. The summed E-state index contributed by atoms with van der Waals surface area (Å²) in [6.45, 7) is 11.1. The summed E-state index contributed by atoms with van der Waals surface area (Å²) in [4.78, 5) is 1.03. The molecule has 178 valence electrons. The summed E-state index contributed by atoms with van der Waals surface area (Å²) in [7, 11) is -2.30. The lowest BCUT2D eigenvalue weighted by atomic mass is 9.70. The highest BCUT2D eigenvalue weighted by Gasteiger charge is 2.38. The van der Waals surface area contributed by atoms with E-state index in [2.05, 4.69) is 59.8 Å². The van der Waals surface area contributed by atoms with E-state index in [0.717, 1.165) is 53.4 Å². The van der Waals surface area contributed by atoms with Crippen LogP contribution in [0.5, 0.6) is 11.5 Å². The lowest BCUT2D eigenvalue weighted by Crippen LogP contribution is -2.30. The van der Waals surface area contributed by atoms with Crippen molar-refractivity contribution in [2.24, 2.45) is 5.92 Å². The molecule has 4 heteroatoms. The van der Waals surface area contributed by atoms with Crippen LogP contribution < -0.4 is 0 Å². The average molecular weight is 459 g/mol. The maximum absolute atomic E-state index is 11.3. The molecule has 1 aromatic rings. The Balaban J connectivity index is 3.48. The number of phenolic OH excluding ortho intramolecular Hbond substituents is 2. The van der Waals surface area contributed by atoms with E-state index in [1.807, 2.05) is 12.1 Å². The highest BCUT2D eigenvalue weighted by molar-refractivity contribution is 8.48. The smallest absolute Gasteiger partial charge is 0.126 e. The zero-order valence-electron chi connectivity index (χ0n) is 20.8. The predicted molar refractivity (Wildman–Crippen MR) is 143 cm³/mol. The number of thiol groups is 2. The van der Waals surface area contributed by atoms with Gasteiger partial charge in [-0.2, -0.15) is 12.6 Å². The van der Waals surface area contributed by atoms with Crippen molar-refractivity contribution >= 4 is 21.8 Å². The van der Waals surface area contributed by atoms with Crippen LogP contribution in [-0.4, -0.2) is 40.0 Å². The van der Waals surface area contributed by atoms with Crippen LogP contribution >= 0.6 is 21.8 Å². The van der Waals surface area contributed by atoms with Crippen molar-refractivity contribution in [3.05, 3.63) is 17.7 Å². The summed E-state index contributed by atoms with van der Waals surface area (Å²) in [6.07, 6.45) is 14.0. The van der Waals surface area contributed by atoms with E-state index >= 15 is 0 Å². The molecule has 0 aliphatic heterocycles. The molecule has 0 radical (unpaired) electrons. The lowest BCUT2D eigenvalue weighted by Gasteiger charge is -2.56. The maximum atomic E-state index is 11.3. The molecule has 1 rings (SSSR count). The van der Waals surface area contributed by atoms with Gasteiger partial charge in [-0.3, -0.25) is 9.16 Å². The summed E-state index contributed by atoms with van der Waals surface area (Å²) >= 11 is 4.50. The van der Waals surface area contributed by atoms with Crippen LogP contribution in [0.25, 0.3) is 0 Å². The van der Waals surface area contributed by atoms with Crippen molar-refractivity contribution in [2.75, 3.05) is 29.8 Å². The number of phenols is 2. The van der Waals surface area contributed by atoms with Gasteiger partial charge in [0.15, 0.2) is 0 Å². The van der Waals surface area contributed by atoms with Gasteiger partial charge in [-0.25, -0.2) is 0 Å². The minimum absolute atomic E-state index is 0.206. The van der Waals surface area contributed by atoms with Crippen LogP contribution in [-0.2, 0) is 5.41 Å². The second-order valence-electron chi connectivity index (χ2n) is 10.8. The zero-order chi connectivity index (χ0) is 23.0. The van der Waals surface area contributed by atoms with Crippen LogP contribution in [0.4, 0.5) is 0 Å². The normalized spacial score (nSPS) is 15.0. The molecule has 0 fully saturated rings. The van der Waals surface area contributed by atoms with Crippen molar-refractivity contribution in [1.29, 1.82) is 0 Å². The Bertz CT molecular complexity index is 655. The Morgan fingerprint density at radius 2 is 1.40 bits per heavy atom. The fourth-order valence-corrected chi connectivity index (χ4v) is 10.2. The van der Waals surface area contributed by atoms with Gasteiger partial charge in [-0.15, -0.1) is 0 Å². The van der Waals surface area contributed by atoms with Gasteiger partial charge in [0.25, 0.3) is 0 Å². The number of hydrogen-bond acceptors (Lipinski definition) is 3. The molecule has 1 unspecified atom stereocenters. The predicted octanol–water partition coefficient (Wildman–Crippen LogP) is 7.79. The Hall–Kier alpha value is -0.480. The molecule has 0 spiro atoms. The highest BCUT2D eigenvalue weighted by Crippen LogP contribution is 2.73. The molecule has 30 heavy (non-hydrogen) atoms. The van der Waals surface area contributed by atoms with Crippen molar-refractivity contribution in [3.8, 4) is 11.5 Å². The molecule has 2 N–H and O–H groups in total. The van der Waals surface area contributed by atoms with E-state index < -0.39 is 9.16 Å². The summed E-state index contributed by atoms with van der Waals surface area (Å²) in [5.74, 6) is 4.31. The average Bonchev–Trinajstić information content (AvgIpc) is 2.69. The fraction of sp³-hybridized carbons (Fsp3) is 0.769. The Kier molecular flexibility index (Phi) is 10.5. The van der Waals surface area contributed by atoms with Crippen LogP contribution in [0.2, 0.25) is 0 Å². The number of unbranched alkanes of at least 4 members (excludes halogenated alkanes) is 3. The molecule has 0 saturated carbocycles. The van der Waals surface area contributed by atoms with Crippen LogP contribution in [0.15, 0.2) is 17.0 Å². The van der Waals surface area contributed by atoms with Crippen LogP contribution in [0.3, 0.4) is 0 Å². The lowest BCUT2D eigenvalue weighted by molar-refractivity contribution is 0.275. The van der Waals surface area contributed by atoms with Crippen molar-refractivity contribution in [2.45, 2.75) is 96.3 Å². The van der Waals surface area contributed by atoms with E-state index in [1.54, 1.807) is 0 Å². The second kappa shape index (κ2) is 11.4. The van der Waals surface area contributed by atoms with Gasteiger partial charge >= 0.3 is 0 Å². The Morgan fingerprint density at radius 1 is 0.867 bits per heavy atom. The Labute approximate surface area is 193 Å². The van der Waals surface area contributed by atoms with E-state index in [9.17, 15) is 10.2 Å². The number of hydrogen-bond donors (Lipinski definition) is 4. The molecule has 2 nitrogen and oxygen atoms in total. The highest BCUT2D eigenvalue weighted by atomic mass is 32.3. The maximum Gasteiger partial charge on any atom is 0.126 e. The van der Waals surface area contributed by atoms with Gasteiger partial charge in [0.1, 0.15) is 11.5 Å². The molecule has 0 amide bonds. The molecular formula is C26H50O2S2. The van der Waals surface area contributed by atoms with E-state index in [4.69, 9.17) is 0 Å². The minimum atomic E-state index is -2.30. The third-order valence-electron chi connectivity index (χ3n) is 7.47. The minimum Gasteiger partial charge on any atom is -0.508 e. The molecule has 1 atom stereocenters. The van der Waals surface area contributed by atoms with Gasteiger partial charge in [0.2, 0.25) is 0 Å². The number of rotatable bonds is 14. The van der Waals surface area contributed by atoms with Crippen LogP contribution in [0, 0.1) is 5.92 Å². The number of aromatic hydroxyl groups is 2. The quantitative estimate of drug-likeness (QED) is 0.170. The Morgan fingerprint density at radius 3 is 1.87 bits per heavy atom. The van der Waals surface area contributed by atoms with Gasteiger partial charge in [0.05, 0.1) is 0 Å². The van der Waals surface area contributed by atoms with Crippen molar-refractivity contribution < 1.29 is 10.2 Å².